The molecule has 0 aromatic carbocycles. The Morgan fingerprint density at radius 3 is 1.55 bits per heavy atom. The molecule has 0 bridgehead atoms. The van der Waals surface area contributed by atoms with Crippen molar-refractivity contribution in [3.05, 3.63) is 0 Å². The van der Waals surface area contributed by atoms with Gasteiger partial charge in [-0.1, -0.05) is 0 Å². The van der Waals surface area contributed by atoms with Crippen LogP contribution in [0.2, 0.25) is 0 Å². The molecule has 0 saturated carbocycles. The van der Waals surface area contributed by atoms with Gasteiger partial charge in [0.15, 0.2) is 0 Å². The Hall–Kier alpha value is 1.56. The van der Waals surface area contributed by atoms with Gasteiger partial charge in [-0.25, -0.2) is 0 Å². The Labute approximate surface area is 114 Å². The van der Waals surface area contributed by atoms with Crippen molar-refractivity contribution in [2.45, 2.75) is 39.2 Å². The second-order valence-electron chi connectivity index (χ2n) is 3.63. The molecule has 0 atom stereocenters. The Kier molecular flexibility index (Phi) is 11.2. The minimum Gasteiger partial charge on any atom is -1.00 e. The summed E-state index contributed by atoms with van der Waals surface area (Å²) in [5, 5.41) is 11.7. The second kappa shape index (κ2) is 8.17. The standard InChI is InChI=1S/C4H9N.C4H10O.K.H/c1-2-4-5-3-1;1-4(2,3)5;;/h5H,1-4H2;5H,1-3H3;;/q;;+1;-1. The topological polar surface area (TPSA) is 32.3 Å². The van der Waals surface area contributed by atoms with Gasteiger partial charge in [-0.3, -0.25) is 0 Å². The molecular formula is C8H20KNO. The minimum absolute atomic E-state index is 0. The molecule has 0 unspecified atom stereocenters. The second-order valence-corrected chi connectivity index (χ2v) is 3.63. The molecule has 2 N–H and O–H groups in total. The van der Waals surface area contributed by atoms with E-state index < -0.39 is 5.60 Å². The molecule has 0 spiro atoms. The van der Waals surface area contributed by atoms with Gasteiger partial charge in [0.25, 0.3) is 0 Å². The Balaban J connectivity index is -0.000000116. The summed E-state index contributed by atoms with van der Waals surface area (Å²) >= 11 is 0. The van der Waals surface area contributed by atoms with Gasteiger partial charge in [0.1, 0.15) is 0 Å². The number of nitrogens with one attached hydrogen (secondary N) is 1. The predicted octanol–water partition coefficient (Wildman–Crippen LogP) is -1.74. The number of hydrogen-bond acceptors (Lipinski definition) is 2. The maximum absolute atomic E-state index is 8.52. The van der Waals surface area contributed by atoms with E-state index in [1.54, 1.807) is 20.8 Å². The largest absolute Gasteiger partial charge is 1.00 e. The number of aliphatic hydroxyl groups is 1. The average Bonchev–Trinajstić information content (AvgIpc) is 2.07. The average molecular weight is 185 g/mol. The first-order chi connectivity index (χ1) is 4.50. The molecule has 0 aromatic rings. The minimum atomic E-state index is -0.500. The Bertz CT molecular complexity index is 68.0. The van der Waals surface area contributed by atoms with Crippen molar-refractivity contribution in [1.29, 1.82) is 0 Å². The maximum Gasteiger partial charge on any atom is 1.00 e. The van der Waals surface area contributed by atoms with E-state index in [1.807, 2.05) is 0 Å². The van der Waals surface area contributed by atoms with E-state index in [1.165, 1.54) is 25.9 Å². The van der Waals surface area contributed by atoms with Crippen LogP contribution in [0.1, 0.15) is 35.0 Å². The van der Waals surface area contributed by atoms with E-state index in [9.17, 15) is 0 Å². The SMILES string of the molecule is C1CCNC1.CC(C)(C)O.[H-].[K+]. The van der Waals surface area contributed by atoms with Crippen LogP contribution in [-0.4, -0.2) is 23.8 Å². The summed E-state index contributed by atoms with van der Waals surface area (Å²) in [4.78, 5) is 0. The van der Waals surface area contributed by atoms with E-state index in [4.69, 9.17) is 5.11 Å². The summed E-state index contributed by atoms with van der Waals surface area (Å²) in [6, 6.07) is 0. The first-order valence-corrected chi connectivity index (χ1v) is 3.93. The van der Waals surface area contributed by atoms with Gasteiger partial charge in [-0.15, -0.1) is 0 Å². The van der Waals surface area contributed by atoms with E-state index in [0.29, 0.717) is 0 Å². The predicted molar refractivity (Wildman–Crippen MR) is 45.2 cm³/mol. The molecule has 1 saturated heterocycles. The van der Waals surface area contributed by atoms with Crippen molar-refractivity contribution < 1.29 is 57.9 Å². The molecule has 2 nitrogen and oxygen atoms in total. The molecule has 0 radical (unpaired) electrons. The van der Waals surface area contributed by atoms with Gasteiger partial charge in [0, 0.05) is 0 Å². The fourth-order valence-electron chi connectivity index (χ4n) is 0.625. The van der Waals surface area contributed by atoms with Crippen LogP contribution in [0, 0.1) is 0 Å². The molecule has 1 fully saturated rings. The summed E-state index contributed by atoms with van der Waals surface area (Å²) in [6.07, 6.45) is 2.78. The third-order valence-electron chi connectivity index (χ3n) is 0.957. The number of hydrogen-bond donors (Lipinski definition) is 2. The molecule has 1 aliphatic heterocycles. The molecule has 1 heterocycles. The molecule has 64 valence electrons. The van der Waals surface area contributed by atoms with Gasteiger partial charge >= 0.3 is 51.4 Å². The van der Waals surface area contributed by atoms with Crippen molar-refractivity contribution in [3.8, 4) is 0 Å². The van der Waals surface area contributed by atoms with Crippen LogP contribution >= 0.6 is 0 Å². The van der Waals surface area contributed by atoms with Crippen molar-refractivity contribution in [2.24, 2.45) is 0 Å². The van der Waals surface area contributed by atoms with Crippen LogP contribution in [0.4, 0.5) is 0 Å². The molecule has 0 aliphatic carbocycles. The Morgan fingerprint density at radius 2 is 1.45 bits per heavy atom. The van der Waals surface area contributed by atoms with Gasteiger partial charge in [0.2, 0.25) is 0 Å². The molecule has 1 aliphatic rings. The first kappa shape index (κ1) is 15.0. The smallest absolute Gasteiger partial charge is 1.00 e. The van der Waals surface area contributed by atoms with Gasteiger partial charge < -0.3 is 11.8 Å². The summed E-state index contributed by atoms with van der Waals surface area (Å²) in [7, 11) is 0. The van der Waals surface area contributed by atoms with Crippen LogP contribution in [0.25, 0.3) is 0 Å². The third-order valence-corrected chi connectivity index (χ3v) is 0.957. The maximum atomic E-state index is 8.52. The van der Waals surface area contributed by atoms with E-state index in [2.05, 4.69) is 5.32 Å². The molecule has 0 aromatic heterocycles. The van der Waals surface area contributed by atoms with E-state index in [0.717, 1.165) is 0 Å². The monoisotopic (exact) mass is 185 g/mol. The van der Waals surface area contributed by atoms with Crippen LogP contribution in [0.15, 0.2) is 0 Å². The fourth-order valence-corrected chi connectivity index (χ4v) is 0.625. The zero-order valence-electron chi connectivity index (χ0n) is 9.28. The normalized spacial score (nSPS) is 16.4. The van der Waals surface area contributed by atoms with Crippen molar-refractivity contribution >= 4 is 0 Å². The van der Waals surface area contributed by atoms with Crippen LogP contribution in [0.5, 0.6) is 0 Å². The zero-order chi connectivity index (χ0) is 8.04. The van der Waals surface area contributed by atoms with Gasteiger partial charge in [0.05, 0.1) is 5.60 Å². The van der Waals surface area contributed by atoms with Crippen LogP contribution < -0.4 is 56.7 Å². The third kappa shape index (κ3) is 24.6. The quantitative estimate of drug-likeness (QED) is 0.439. The fraction of sp³-hybridized carbons (Fsp3) is 1.00. The first-order valence-electron chi connectivity index (χ1n) is 3.93. The van der Waals surface area contributed by atoms with Crippen molar-refractivity contribution in [3.63, 3.8) is 0 Å². The summed E-state index contributed by atoms with van der Waals surface area (Å²) in [5.74, 6) is 0. The van der Waals surface area contributed by atoms with Crippen molar-refractivity contribution in [2.75, 3.05) is 13.1 Å². The molecule has 11 heavy (non-hydrogen) atoms. The molecule has 1 rings (SSSR count). The van der Waals surface area contributed by atoms with Crippen molar-refractivity contribution in [1.82, 2.24) is 5.32 Å². The summed E-state index contributed by atoms with van der Waals surface area (Å²) in [6.45, 7) is 7.73. The van der Waals surface area contributed by atoms with Gasteiger partial charge in [-0.05, 0) is 46.7 Å². The summed E-state index contributed by atoms with van der Waals surface area (Å²) < 4.78 is 0. The molecule has 0 amide bonds. The molecule has 3 heteroatoms. The van der Waals surface area contributed by atoms with E-state index in [-0.39, 0.29) is 52.8 Å². The summed E-state index contributed by atoms with van der Waals surface area (Å²) in [5.41, 5.74) is -0.500. The zero-order valence-corrected chi connectivity index (χ0v) is 11.4. The Morgan fingerprint density at radius 1 is 1.18 bits per heavy atom. The molecular weight excluding hydrogens is 165 g/mol. The number of rotatable bonds is 0. The van der Waals surface area contributed by atoms with Crippen LogP contribution in [-0.2, 0) is 0 Å². The van der Waals surface area contributed by atoms with E-state index >= 15 is 0 Å². The van der Waals surface area contributed by atoms with Gasteiger partial charge in [-0.2, -0.15) is 0 Å². The van der Waals surface area contributed by atoms with Crippen LogP contribution in [0.3, 0.4) is 0 Å².